The van der Waals surface area contributed by atoms with E-state index in [-0.39, 0.29) is 17.9 Å². The van der Waals surface area contributed by atoms with E-state index >= 15 is 0 Å². The maximum atomic E-state index is 6.43. The van der Waals surface area contributed by atoms with Crippen LogP contribution in [-0.4, -0.2) is 36.7 Å². The lowest BCUT2D eigenvalue weighted by atomic mass is 9.82. The molecule has 0 amide bonds. The third kappa shape index (κ3) is 4.56. The molecule has 3 aromatic carbocycles. The summed E-state index contributed by atoms with van der Waals surface area (Å²) < 4.78 is 23.6. The van der Waals surface area contributed by atoms with Gasteiger partial charge in [-0.3, -0.25) is 10.3 Å². The molecule has 0 radical (unpaired) electrons. The highest BCUT2D eigenvalue weighted by atomic mass is 32.1. The normalized spacial score (nSPS) is 17.6. The number of nitrogens with one attached hydrogen (secondary N) is 1. The second-order valence-electron chi connectivity index (χ2n) is 9.31. The van der Waals surface area contributed by atoms with Crippen LogP contribution in [0.15, 0.2) is 53.6 Å². The quantitative estimate of drug-likeness (QED) is 0.290. The van der Waals surface area contributed by atoms with Crippen molar-refractivity contribution in [2.45, 2.75) is 32.0 Å². The molecular formula is C28H28N4O4S. The summed E-state index contributed by atoms with van der Waals surface area (Å²) in [6.45, 7) is 2.40. The van der Waals surface area contributed by atoms with Crippen molar-refractivity contribution in [2.24, 2.45) is 10.8 Å². The Labute approximate surface area is 221 Å². The highest BCUT2D eigenvalue weighted by molar-refractivity contribution is 7.80. The molecule has 1 unspecified atom stereocenters. The number of benzene rings is 3. The number of hydrogen-bond donors (Lipinski definition) is 2. The molecule has 37 heavy (non-hydrogen) atoms. The minimum atomic E-state index is 0.114. The van der Waals surface area contributed by atoms with Crippen LogP contribution < -0.4 is 30.1 Å². The number of thiocarbonyl (C=S) groups is 1. The molecule has 0 saturated heterocycles. The predicted octanol–water partition coefficient (Wildman–Crippen LogP) is 3.83. The van der Waals surface area contributed by atoms with Crippen LogP contribution >= 0.6 is 12.2 Å². The number of fused-ring (bicyclic) bond motifs is 5. The van der Waals surface area contributed by atoms with Crippen molar-refractivity contribution < 1.29 is 18.9 Å². The summed E-state index contributed by atoms with van der Waals surface area (Å²) >= 11 is 4.92. The van der Waals surface area contributed by atoms with Crippen molar-refractivity contribution >= 4 is 23.5 Å². The molecule has 3 N–H and O–H groups in total. The second-order valence-corrected chi connectivity index (χ2v) is 9.75. The van der Waals surface area contributed by atoms with Gasteiger partial charge in [0.25, 0.3) is 0 Å². The zero-order valence-electron chi connectivity index (χ0n) is 20.5. The van der Waals surface area contributed by atoms with E-state index in [1.165, 1.54) is 16.7 Å². The summed E-state index contributed by atoms with van der Waals surface area (Å²) in [5, 5.41) is 4.37. The van der Waals surface area contributed by atoms with Crippen molar-refractivity contribution in [3.8, 4) is 23.0 Å². The number of nitrogens with two attached hydrogens (primary N) is 1. The van der Waals surface area contributed by atoms with Gasteiger partial charge in [0.1, 0.15) is 6.61 Å². The van der Waals surface area contributed by atoms with Crippen molar-refractivity contribution in [3.05, 3.63) is 81.9 Å². The summed E-state index contributed by atoms with van der Waals surface area (Å²) in [5.74, 6) is 3.10. The van der Waals surface area contributed by atoms with Crippen LogP contribution in [0.4, 0.5) is 0 Å². The Hall–Kier alpha value is -3.82. The standard InChI is InChI=1S/C28H28N4O4S/c1-33-26-10-19(13-30-31-28(29)37)20-11-23-21-12-25-24(35-16-36-25)9-18(21)7-8-32(23)14-22(20)27(26)34-15-17-5-3-2-4-6-17/h2-6,9-10,12-13,23H,7-8,11,14-16H2,1H3,(H3,29,31,37)/b30-13+. The molecule has 190 valence electrons. The van der Waals surface area contributed by atoms with Crippen LogP contribution in [0.2, 0.25) is 0 Å². The third-order valence-corrected chi connectivity index (χ3v) is 7.27. The van der Waals surface area contributed by atoms with E-state index in [1.54, 1.807) is 13.3 Å². The number of hydrazone groups is 1. The molecule has 3 aliphatic rings. The molecule has 0 aliphatic carbocycles. The van der Waals surface area contributed by atoms with Crippen molar-refractivity contribution in [3.63, 3.8) is 0 Å². The first kappa shape index (κ1) is 23.6. The fourth-order valence-corrected chi connectivity index (χ4v) is 5.50. The third-order valence-electron chi connectivity index (χ3n) is 7.18. The van der Waals surface area contributed by atoms with Gasteiger partial charge in [-0.15, -0.1) is 0 Å². The van der Waals surface area contributed by atoms with E-state index in [4.69, 9.17) is 36.9 Å². The van der Waals surface area contributed by atoms with Gasteiger partial charge in [-0.05, 0) is 65.5 Å². The molecule has 1 atom stereocenters. The van der Waals surface area contributed by atoms with Crippen molar-refractivity contribution in [1.82, 2.24) is 10.3 Å². The molecule has 0 bridgehead atoms. The molecule has 0 saturated carbocycles. The molecule has 0 fully saturated rings. The summed E-state index contributed by atoms with van der Waals surface area (Å²) in [6, 6.07) is 16.6. The van der Waals surface area contributed by atoms with Gasteiger partial charge < -0.3 is 24.7 Å². The fraction of sp³-hybridized carbons (Fsp3) is 0.286. The first-order chi connectivity index (χ1) is 18.1. The number of rotatable bonds is 6. The van der Waals surface area contributed by atoms with Gasteiger partial charge in [-0.2, -0.15) is 5.10 Å². The highest BCUT2D eigenvalue weighted by Gasteiger charge is 2.36. The van der Waals surface area contributed by atoms with Crippen molar-refractivity contribution in [2.75, 3.05) is 20.4 Å². The maximum absolute atomic E-state index is 6.43. The molecule has 0 aromatic heterocycles. The van der Waals surface area contributed by atoms with E-state index in [2.05, 4.69) is 39.7 Å². The average molecular weight is 517 g/mol. The topological polar surface area (TPSA) is 90.6 Å². The van der Waals surface area contributed by atoms with Gasteiger partial charge in [-0.25, -0.2) is 0 Å². The van der Waals surface area contributed by atoms with Crippen LogP contribution in [0.3, 0.4) is 0 Å². The zero-order chi connectivity index (χ0) is 25.4. The molecule has 9 heteroatoms. The summed E-state index contributed by atoms with van der Waals surface area (Å²) in [6.07, 6.45) is 3.50. The highest BCUT2D eigenvalue weighted by Crippen LogP contribution is 2.47. The van der Waals surface area contributed by atoms with Gasteiger partial charge in [0.05, 0.1) is 13.3 Å². The molecule has 6 rings (SSSR count). The minimum absolute atomic E-state index is 0.114. The molecular weight excluding hydrogens is 488 g/mol. The monoisotopic (exact) mass is 516 g/mol. The lowest BCUT2D eigenvalue weighted by Crippen LogP contribution is -2.40. The molecule has 3 heterocycles. The van der Waals surface area contributed by atoms with Gasteiger partial charge in [0.15, 0.2) is 28.1 Å². The minimum Gasteiger partial charge on any atom is -0.493 e. The van der Waals surface area contributed by atoms with E-state index in [1.807, 2.05) is 24.3 Å². The van der Waals surface area contributed by atoms with E-state index < -0.39 is 0 Å². The first-order valence-electron chi connectivity index (χ1n) is 12.2. The van der Waals surface area contributed by atoms with Crippen LogP contribution in [-0.2, 0) is 26.0 Å². The Kier molecular flexibility index (Phi) is 6.31. The Balaban J connectivity index is 1.41. The fourth-order valence-electron chi connectivity index (χ4n) is 5.45. The Morgan fingerprint density at radius 3 is 2.78 bits per heavy atom. The molecule has 8 nitrogen and oxygen atoms in total. The van der Waals surface area contributed by atoms with Gasteiger partial charge in [0.2, 0.25) is 6.79 Å². The Morgan fingerprint density at radius 2 is 2.00 bits per heavy atom. The molecule has 3 aromatic rings. The number of ether oxygens (including phenoxy) is 4. The summed E-state index contributed by atoms with van der Waals surface area (Å²) in [5.41, 5.74) is 15.2. The largest absolute Gasteiger partial charge is 0.493 e. The average Bonchev–Trinajstić information content (AvgIpc) is 3.38. The van der Waals surface area contributed by atoms with Gasteiger partial charge in [0, 0.05) is 30.3 Å². The maximum Gasteiger partial charge on any atom is 0.231 e. The Morgan fingerprint density at radius 1 is 1.19 bits per heavy atom. The van der Waals surface area contributed by atoms with Crippen LogP contribution in [0.1, 0.15) is 39.4 Å². The van der Waals surface area contributed by atoms with E-state index in [0.29, 0.717) is 12.4 Å². The Bertz CT molecular complexity index is 1380. The lowest BCUT2D eigenvalue weighted by molar-refractivity contribution is 0.155. The van der Waals surface area contributed by atoms with Gasteiger partial charge >= 0.3 is 0 Å². The number of nitrogens with zero attached hydrogens (tertiary/aromatic N) is 2. The second kappa shape index (κ2) is 9.91. The molecule has 0 spiro atoms. The van der Waals surface area contributed by atoms with E-state index in [9.17, 15) is 0 Å². The summed E-state index contributed by atoms with van der Waals surface area (Å²) in [7, 11) is 1.66. The predicted molar refractivity (Wildman–Crippen MR) is 144 cm³/mol. The van der Waals surface area contributed by atoms with Crippen LogP contribution in [0.25, 0.3) is 0 Å². The molecule has 3 aliphatic heterocycles. The lowest BCUT2D eigenvalue weighted by Gasteiger charge is -2.42. The zero-order valence-corrected chi connectivity index (χ0v) is 21.3. The SMILES string of the molecule is COc1cc(/C=N/NC(N)=S)c2c(c1OCc1ccccc1)CN1CCc3cc4c(cc3C1C2)OCO4. The van der Waals surface area contributed by atoms with E-state index in [0.717, 1.165) is 59.9 Å². The first-order valence-corrected chi connectivity index (χ1v) is 12.7. The number of hydrogen-bond acceptors (Lipinski definition) is 7. The van der Waals surface area contributed by atoms with Crippen LogP contribution in [0.5, 0.6) is 23.0 Å². The number of methoxy groups -OCH3 is 1. The van der Waals surface area contributed by atoms with Gasteiger partial charge in [-0.1, -0.05) is 30.3 Å². The van der Waals surface area contributed by atoms with Crippen molar-refractivity contribution in [1.29, 1.82) is 0 Å². The van der Waals surface area contributed by atoms with Crippen LogP contribution in [0, 0.1) is 0 Å². The summed E-state index contributed by atoms with van der Waals surface area (Å²) in [4.78, 5) is 2.51. The smallest absolute Gasteiger partial charge is 0.231 e.